The monoisotopic (exact) mass is 339 g/mol. The number of nitrogens with one attached hydrogen (secondary N) is 1. The zero-order chi connectivity index (χ0) is 17.6. The van der Waals surface area contributed by atoms with Crippen molar-refractivity contribution < 1.29 is 9.53 Å². The molecule has 25 heavy (non-hydrogen) atoms. The van der Waals surface area contributed by atoms with Gasteiger partial charge in [-0.2, -0.15) is 0 Å². The molecule has 5 nitrogen and oxygen atoms in total. The number of hydrogen-bond acceptors (Lipinski definition) is 4. The molecule has 1 aromatic carbocycles. The van der Waals surface area contributed by atoms with E-state index in [4.69, 9.17) is 4.74 Å². The number of pyridine rings is 1. The van der Waals surface area contributed by atoms with E-state index in [1.54, 1.807) is 6.20 Å². The van der Waals surface area contributed by atoms with Crippen LogP contribution in [0.2, 0.25) is 0 Å². The second-order valence-corrected chi connectivity index (χ2v) is 6.52. The summed E-state index contributed by atoms with van der Waals surface area (Å²) in [6.07, 6.45) is 3.66. The Labute approximate surface area is 149 Å². The van der Waals surface area contributed by atoms with Gasteiger partial charge >= 0.3 is 0 Å². The Morgan fingerprint density at radius 2 is 2.24 bits per heavy atom. The van der Waals surface area contributed by atoms with Crippen LogP contribution in [-0.2, 0) is 11.3 Å². The lowest BCUT2D eigenvalue weighted by molar-refractivity contribution is -0.125. The Kier molecular flexibility index (Phi) is 5.66. The van der Waals surface area contributed by atoms with E-state index >= 15 is 0 Å². The molecule has 1 saturated heterocycles. The summed E-state index contributed by atoms with van der Waals surface area (Å²) in [7, 11) is 2.00. The number of amides is 1. The summed E-state index contributed by atoms with van der Waals surface area (Å²) in [5, 5.41) is 3.04. The number of likely N-dealkylation sites (N-methyl/N-ethyl adjacent to an activating group) is 1. The van der Waals surface area contributed by atoms with Gasteiger partial charge in [0.15, 0.2) is 0 Å². The van der Waals surface area contributed by atoms with Gasteiger partial charge in [0, 0.05) is 12.7 Å². The molecular weight excluding hydrogens is 314 g/mol. The first-order valence-corrected chi connectivity index (χ1v) is 8.78. The highest BCUT2D eigenvalue weighted by Crippen LogP contribution is 2.21. The molecule has 0 bridgehead atoms. The van der Waals surface area contributed by atoms with E-state index in [0.717, 1.165) is 36.4 Å². The number of nitrogens with zero attached hydrogens (tertiary/aromatic N) is 2. The molecule has 2 heterocycles. The third kappa shape index (κ3) is 4.57. The fourth-order valence-electron chi connectivity index (χ4n) is 3.16. The van der Waals surface area contributed by atoms with E-state index in [1.807, 2.05) is 56.4 Å². The maximum absolute atomic E-state index is 12.3. The Morgan fingerprint density at radius 3 is 2.96 bits per heavy atom. The summed E-state index contributed by atoms with van der Waals surface area (Å²) in [6, 6.07) is 13.6. The summed E-state index contributed by atoms with van der Waals surface area (Å²) in [4.78, 5) is 18.7. The first kappa shape index (κ1) is 17.4. The molecule has 2 atom stereocenters. The van der Waals surface area contributed by atoms with Gasteiger partial charge in [-0.25, -0.2) is 0 Å². The van der Waals surface area contributed by atoms with Crippen molar-refractivity contribution in [2.24, 2.45) is 0 Å². The quantitative estimate of drug-likeness (QED) is 0.879. The summed E-state index contributed by atoms with van der Waals surface area (Å²) in [5.41, 5.74) is 1.92. The van der Waals surface area contributed by atoms with Gasteiger partial charge in [0.25, 0.3) is 0 Å². The van der Waals surface area contributed by atoms with Gasteiger partial charge < -0.3 is 10.1 Å². The number of likely N-dealkylation sites (tertiary alicyclic amines) is 1. The second-order valence-electron chi connectivity index (χ2n) is 6.52. The van der Waals surface area contributed by atoms with E-state index in [9.17, 15) is 4.79 Å². The topological polar surface area (TPSA) is 54.5 Å². The molecular formula is C20H25N3O2. The van der Waals surface area contributed by atoms with Crippen molar-refractivity contribution in [3.63, 3.8) is 0 Å². The molecule has 1 aliphatic rings. The van der Waals surface area contributed by atoms with Crippen molar-refractivity contribution in [2.75, 3.05) is 13.6 Å². The van der Waals surface area contributed by atoms with Crippen LogP contribution in [0.3, 0.4) is 0 Å². The molecule has 0 saturated carbocycles. The highest BCUT2D eigenvalue weighted by atomic mass is 16.5. The van der Waals surface area contributed by atoms with Crippen LogP contribution in [0.1, 0.15) is 37.1 Å². The summed E-state index contributed by atoms with van der Waals surface area (Å²) < 4.78 is 5.98. The van der Waals surface area contributed by atoms with Gasteiger partial charge in [0.1, 0.15) is 11.9 Å². The first-order valence-electron chi connectivity index (χ1n) is 8.78. The van der Waals surface area contributed by atoms with Gasteiger partial charge in [-0.3, -0.25) is 14.7 Å². The maximum Gasteiger partial charge on any atom is 0.237 e. The molecule has 2 unspecified atom stereocenters. The van der Waals surface area contributed by atoms with Crippen molar-refractivity contribution in [3.05, 3.63) is 59.9 Å². The number of ether oxygens (including phenoxy) is 1. The molecule has 0 radical (unpaired) electrons. The molecule has 2 aromatic rings. The fourth-order valence-corrected chi connectivity index (χ4v) is 3.16. The van der Waals surface area contributed by atoms with Gasteiger partial charge in [0.05, 0.1) is 11.7 Å². The van der Waals surface area contributed by atoms with Gasteiger partial charge in [-0.05, 0) is 63.2 Å². The van der Waals surface area contributed by atoms with Crippen molar-refractivity contribution >= 4 is 5.91 Å². The molecule has 132 valence electrons. The highest BCUT2D eigenvalue weighted by molar-refractivity contribution is 5.81. The first-order chi connectivity index (χ1) is 12.1. The van der Waals surface area contributed by atoms with E-state index in [1.165, 1.54) is 0 Å². The molecule has 1 amide bonds. The van der Waals surface area contributed by atoms with E-state index in [2.05, 4.69) is 15.2 Å². The van der Waals surface area contributed by atoms with Gasteiger partial charge in [0.2, 0.25) is 5.91 Å². The Morgan fingerprint density at radius 1 is 1.36 bits per heavy atom. The number of carbonyl (C=O) groups excluding carboxylic acids is 1. The normalized spacial score (nSPS) is 18.7. The van der Waals surface area contributed by atoms with Crippen LogP contribution >= 0.6 is 0 Å². The number of aromatic nitrogens is 1. The standard InChI is InChI=1S/C20H25N3O2/c1-15(18-9-3-4-11-21-18)25-17-8-5-7-16(13-17)14-22-20(24)19-10-6-12-23(19)2/h3-5,7-9,11,13,15,19H,6,10,12,14H2,1-2H3,(H,22,24). The number of carbonyl (C=O) groups is 1. The van der Waals surface area contributed by atoms with E-state index in [-0.39, 0.29) is 18.1 Å². The summed E-state index contributed by atoms with van der Waals surface area (Å²) in [6.45, 7) is 3.48. The SMILES string of the molecule is CC(Oc1cccc(CNC(=O)C2CCCN2C)c1)c1ccccn1. The Balaban J connectivity index is 1.57. The van der Waals surface area contributed by atoms with Crippen LogP contribution in [0, 0.1) is 0 Å². The average Bonchev–Trinajstić information content (AvgIpc) is 3.07. The number of benzene rings is 1. The third-order valence-electron chi connectivity index (χ3n) is 4.61. The molecule has 0 spiro atoms. The minimum atomic E-state index is -0.127. The Bertz CT molecular complexity index is 705. The second kappa shape index (κ2) is 8.12. The highest BCUT2D eigenvalue weighted by Gasteiger charge is 2.27. The molecule has 1 fully saturated rings. The third-order valence-corrected chi connectivity index (χ3v) is 4.61. The molecule has 3 rings (SSSR count). The number of rotatable bonds is 6. The lowest BCUT2D eigenvalue weighted by Crippen LogP contribution is -2.41. The smallest absolute Gasteiger partial charge is 0.237 e. The summed E-state index contributed by atoms with van der Waals surface area (Å²) >= 11 is 0. The average molecular weight is 339 g/mol. The van der Waals surface area contributed by atoms with Gasteiger partial charge in [-0.1, -0.05) is 18.2 Å². The van der Waals surface area contributed by atoms with Crippen LogP contribution in [-0.4, -0.2) is 35.4 Å². The molecule has 5 heteroatoms. The minimum absolute atomic E-state index is 0.00334. The van der Waals surface area contributed by atoms with E-state index < -0.39 is 0 Å². The largest absolute Gasteiger partial charge is 0.484 e. The van der Waals surface area contributed by atoms with Gasteiger partial charge in [-0.15, -0.1) is 0 Å². The van der Waals surface area contributed by atoms with Crippen molar-refractivity contribution in [2.45, 2.75) is 38.5 Å². The molecule has 0 aliphatic carbocycles. The Hall–Kier alpha value is -2.40. The minimum Gasteiger partial charge on any atom is -0.484 e. The van der Waals surface area contributed by atoms with Crippen LogP contribution in [0.25, 0.3) is 0 Å². The van der Waals surface area contributed by atoms with Crippen LogP contribution in [0.4, 0.5) is 0 Å². The maximum atomic E-state index is 12.3. The van der Waals surface area contributed by atoms with Crippen molar-refractivity contribution in [1.82, 2.24) is 15.2 Å². The van der Waals surface area contributed by atoms with E-state index in [0.29, 0.717) is 6.54 Å². The zero-order valence-corrected chi connectivity index (χ0v) is 14.8. The van der Waals surface area contributed by atoms with Crippen molar-refractivity contribution in [3.8, 4) is 5.75 Å². The van der Waals surface area contributed by atoms with Crippen LogP contribution in [0.5, 0.6) is 5.75 Å². The van der Waals surface area contributed by atoms with Crippen molar-refractivity contribution in [1.29, 1.82) is 0 Å². The molecule has 1 aromatic heterocycles. The lowest BCUT2D eigenvalue weighted by Gasteiger charge is -2.19. The summed E-state index contributed by atoms with van der Waals surface area (Å²) in [5.74, 6) is 0.885. The predicted molar refractivity (Wildman–Crippen MR) is 97.2 cm³/mol. The lowest BCUT2D eigenvalue weighted by atomic mass is 10.1. The molecule has 1 N–H and O–H groups in total. The zero-order valence-electron chi connectivity index (χ0n) is 14.8. The predicted octanol–water partition coefficient (Wildman–Crippen LogP) is 2.93. The molecule has 1 aliphatic heterocycles. The number of hydrogen-bond donors (Lipinski definition) is 1. The van der Waals surface area contributed by atoms with Crippen LogP contribution < -0.4 is 10.1 Å². The van der Waals surface area contributed by atoms with Crippen LogP contribution in [0.15, 0.2) is 48.7 Å². The fraction of sp³-hybridized carbons (Fsp3) is 0.400.